The second-order valence-corrected chi connectivity index (χ2v) is 5.08. The van der Waals surface area contributed by atoms with Gasteiger partial charge in [0.25, 0.3) is 0 Å². The number of hydrogen-bond acceptors (Lipinski definition) is 4. The first kappa shape index (κ1) is 15.6. The van der Waals surface area contributed by atoms with E-state index in [1.165, 1.54) is 12.8 Å². The molecule has 0 saturated heterocycles. The molecule has 1 aromatic carbocycles. The molecule has 116 valence electrons. The van der Waals surface area contributed by atoms with Gasteiger partial charge in [0.15, 0.2) is 11.5 Å². The molecule has 1 saturated carbocycles. The minimum Gasteiger partial charge on any atom is -0.493 e. The van der Waals surface area contributed by atoms with Crippen molar-refractivity contribution in [2.75, 3.05) is 25.6 Å². The molecule has 0 aromatic heterocycles. The number of carbonyl (C=O) groups is 1. The molecule has 1 aliphatic rings. The zero-order chi connectivity index (χ0) is 15.1. The predicted octanol–water partition coefficient (Wildman–Crippen LogP) is 2.99. The van der Waals surface area contributed by atoms with E-state index in [1.54, 1.807) is 25.3 Å². The highest BCUT2D eigenvalue weighted by atomic mass is 16.5. The van der Waals surface area contributed by atoms with Gasteiger partial charge in [-0.25, -0.2) is 0 Å². The molecule has 1 aliphatic carbocycles. The highest BCUT2D eigenvalue weighted by Gasteiger charge is 2.18. The average molecular weight is 293 g/mol. The Labute approximate surface area is 125 Å². The summed E-state index contributed by atoms with van der Waals surface area (Å²) in [6.45, 7) is 2.43. The van der Waals surface area contributed by atoms with Crippen molar-refractivity contribution in [3.05, 3.63) is 18.2 Å². The summed E-state index contributed by atoms with van der Waals surface area (Å²) in [5.41, 5.74) is 0.688. The van der Waals surface area contributed by atoms with Crippen LogP contribution < -0.4 is 14.8 Å². The van der Waals surface area contributed by atoms with Gasteiger partial charge in [-0.2, -0.15) is 0 Å². The Morgan fingerprint density at radius 1 is 1.29 bits per heavy atom. The number of rotatable bonds is 7. The standard InChI is InChI=1S/C16H23NO4/c1-3-20-11-16(18)17-12-8-9-14(19-2)15(10-12)21-13-6-4-5-7-13/h8-10,13H,3-7,11H2,1-2H3,(H,17,18). The molecule has 5 heteroatoms. The molecule has 0 radical (unpaired) electrons. The fourth-order valence-electron chi connectivity index (χ4n) is 2.42. The number of benzene rings is 1. The lowest BCUT2D eigenvalue weighted by atomic mass is 10.2. The lowest BCUT2D eigenvalue weighted by Crippen LogP contribution is -2.18. The Hall–Kier alpha value is -1.75. The van der Waals surface area contributed by atoms with Crippen LogP contribution in [-0.4, -0.2) is 32.3 Å². The lowest BCUT2D eigenvalue weighted by Gasteiger charge is -2.17. The summed E-state index contributed by atoms with van der Waals surface area (Å²) in [4.78, 5) is 11.7. The second-order valence-electron chi connectivity index (χ2n) is 5.08. The quantitative estimate of drug-likeness (QED) is 0.839. The van der Waals surface area contributed by atoms with Gasteiger partial charge in [0.1, 0.15) is 6.61 Å². The molecule has 5 nitrogen and oxygen atoms in total. The van der Waals surface area contributed by atoms with E-state index in [0.29, 0.717) is 23.8 Å². The van der Waals surface area contributed by atoms with Crippen LogP contribution in [0.2, 0.25) is 0 Å². The lowest BCUT2D eigenvalue weighted by molar-refractivity contribution is -0.120. The van der Waals surface area contributed by atoms with Gasteiger partial charge in [-0.1, -0.05) is 0 Å². The number of methoxy groups -OCH3 is 1. The van der Waals surface area contributed by atoms with Crippen LogP contribution in [0.4, 0.5) is 5.69 Å². The molecule has 0 atom stereocenters. The van der Waals surface area contributed by atoms with Gasteiger partial charge in [0, 0.05) is 18.4 Å². The van der Waals surface area contributed by atoms with Crippen LogP contribution in [0.1, 0.15) is 32.6 Å². The van der Waals surface area contributed by atoms with Crippen LogP contribution in [0.5, 0.6) is 11.5 Å². The highest BCUT2D eigenvalue weighted by molar-refractivity contribution is 5.92. The Bertz CT molecular complexity index is 469. The first-order valence-corrected chi connectivity index (χ1v) is 7.45. The van der Waals surface area contributed by atoms with Gasteiger partial charge in [-0.15, -0.1) is 0 Å². The first-order chi connectivity index (χ1) is 10.2. The maximum absolute atomic E-state index is 11.7. The van der Waals surface area contributed by atoms with E-state index >= 15 is 0 Å². The fraction of sp³-hybridized carbons (Fsp3) is 0.562. The number of hydrogen-bond donors (Lipinski definition) is 1. The van der Waals surface area contributed by atoms with E-state index in [1.807, 2.05) is 6.92 Å². The number of carbonyl (C=O) groups excluding carboxylic acids is 1. The molecule has 0 aliphatic heterocycles. The summed E-state index contributed by atoms with van der Waals surface area (Å²) in [5.74, 6) is 1.19. The third kappa shape index (κ3) is 4.63. The summed E-state index contributed by atoms with van der Waals surface area (Å²) in [7, 11) is 1.62. The largest absolute Gasteiger partial charge is 0.493 e. The molecule has 1 N–H and O–H groups in total. The maximum atomic E-state index is 11.7. The zero-order valence-corrected chi connectivity index (χ0v) is 12.7. The molecule has 0 bridgehead atoms. The Morgan fingerprint density at radius 3 is 2.71 bits per heavy atom. The molecule has 0 spiro atoms. The summed E-state index contributed by atoms with van der Waals surface area (Å²) in [5, 5.41) is 2.79. The van der Waals surface area contributed by atoms with Gasteiger partial charge in [-0.05, 0) is 44.7 Å². The summed E-state index contributed by atoms with van der Waals surface area (Å²) in [6, 6.07) is 5.41. The summed E-state index contributed by atoms with van der Waals surface area (Å²) >= 11 is 0. The van der Waals surface area contributed by atoms with E-state index in [9.17, 15) is 4.79 Å². The summed E-state index contributed by atoms with van der Waals surface area (Å²) in [6.07, 6.45) is 4.80. The van der Waals surface area contributed by atoms with Gasteiger partial charge in [0.05, 0.1) is 13.2 Å². The van der Waals surface area contributed by atoms with E-state index in [4.69, 9.17) is 14.2 Å². The summed E-state index contributed by atoms with van der Waals surface area (Å²) < 4.78 is 16.4. The smallest absolute Gasteiger partial charge is 0.250 e. The normalized spacial score (nSPS) is 15.0. The molecule has 0 heterocycles. The van der Waals surface area contributed by atoms with Gasteiger partial charge in [0.2, 0.25) is 5.91 Å². The van der Waals surface area contributed by atoms with E-state index in [2.05, 4.69) is 5.32 Å². The van der Waals surface area contributed by atoms with E-state index in [-0.39, 0.29) is 18.6 Å². The van der Waals surface area contributed by atoms with Crippen LogP contribution in [0.15, 0.2) is 18.2 Å². The SMILES string of the molecule is CCOCC(=O)Nc1ccc(OC)c(OC2CCCC2)c1. The minimum atomic E-state index is -0.172. The van der Waals surface area contributed by atoms with Crippen molar-refractivity contribution in [1.82, 2.24) is 0 Å². The molecule has 1 amide bonds. The van der Waals surface area contributed by atoms with Crippen molar-refractivity contribution in [3.63, 3.8) is 0 Å². The minimum absolute atomic E-state index is 0.0569. The zero-order valence-electron chi connectivity index (χ0n) is 12.7. The monoisotopic (exact) mass is 293 g/mol. The van der Waals surface area contributed by atoms with Gasteiger partial charge < -0.3 is 19.5 Å². The van der Waals surface area contributed by atoms with Crippen molar-refractivity contribution < 1.29 is 19.0 Å². The van der Waals surface area contributed by atoms with Crippen LogP contribution in [0.3, 0.4) is 0 Å². The molecule has 2 rings (SSSR count). The highest BCUT2D eigenvalue weighted by Crippen LogP contribution is 2.33. The van der Waals surface area contributed by atoms with Crippen LogP contribution in [-0.2, 0) is 9.53 Å². The van der Waals surface area contributed by atoms with Gasteiger partial charge >= 0.3 is 0 Å². The molecule has 21 heavy (non-hydrogen) atoms. The Kier molecular flexibility index (Phi) is 5.87. The van der Waals surface area contributed by atoms with Crippen molar-refractivity contribution in [1.29, 1.82) is 0 Å². The van der Waals surface area contributed by atoms with Crippen LogP contribution in [0.25, 0.3) is 0 Å². The Morgan fingerprint density at radius 2 is 2.05 bits per heavy atom. The van der Waals surface area contributed by atoms with Crippen molar-refractivity contribution >= 4 is 11.6 Å². The van der Waals surface area contributed by atoms with Crippen LogP contribution in [0, 0.1) is 0 Å². The molecular formula is C16H23NO4. The van der Waals surface area contributed by atoms with Gasteiger partial charge in [-0.3, -0.25) is 4.79 Å². The topological polar surface area (TPSA) is 56.8 Å². The maximum Gasteiger partial charge on any atom is 0.250 e. The van der Waals surface area contributed by atoms with Crippen LogP contribution >= 0.6 is 0 Å². The molecular weight excluding hydrogens is 270 g/mol. The number of ether oxygens (including phenoxy) is 3. The first-order valence-electron chi connectivity index (χ1n) is 7.45. The second kappa shape index (κ2) is 7.88. The molecule has 0 unspecified atom stereocenters. The van der Waals surface area contributed by atoms with Crippen molar-refractivity contribution in [2.45, 2.75) is 38.7 Å². The van der Waals surface area contributed by atoms with Crippen molar-refractivity contribution in [3.8, 4) is 11.5 Å². The van der Waals surface area contributed by atoms with E-state index in [0.717, 1.165) is 12.8 Å². The third-order valence-corrected chi connectivity index (χ3v) is 3.48. The number of nitrogens with one attached hydrogen (secondary N) is 1. The predicted molar refractivity (Wildman–Crippen MR) is 81.0 cm³/mol. The Balaban J connectivity index is 2.03. The van der Waals surface area contributed by atoms with Crippen molar-refractivity contribution in [2.24, 2.45) is 0 Å². The number of anilines is 1. The van der Waals surface area contributed by atoms with E-state index < -0.39 is 0 Å². The molecule has 1 aromatic rings. The average Bonchev–Trinajstić information content (AvgIpc) is 2.98. The molecule has 1 fully saturated rings. The number of amides is 1. The fourth-order valence-corrected chi connectivity index (χ4v) is 2.42. The third-order valence-electron chi connectivity index (χ3n) is 3.48.